The van der Waals surface area contributed by atoms with Gasteiger partial charge in [0.2, 0.25) is 11.8 Å². The smallest absolute Gasteiger partial charge is 0.262 e. The van der Waals surface area contributed by atoms with E-state index in [0.717, 1.165) is 0 Å². The number of sulfonamides is 1. The molecule has 4 heterocycles. The van der Waals surface area contributed by atoms with Crippen LogP contribution < -0.4 is 10.2 Å². The van der Waals surface area contributed by atoms with Gasteiger partial charge in [-0.15, -0.1) is 0 Å². The molecule has 2 saturated heterocycles. The number of hydrogen-bond donors (Lipinski definition) is 1. The number of anilines is 1. The Morgan fingerprint density at radius 3 is 2.50 bits per heavy atom. The minimum Gasteiger partial charge on any atom is -0.367 e. The molecule has 34 heavy (non-hydrogen) atoms. The SMILES string of the molecule is Cn1cnc(S(=O)(=O)N2CCN(c3cc4c(cc3F)C(=O)N(C3CCC(=O)NC3=O)C4)CC2)c1. The monoisotopic (exact) mass is 490 g/mol. The Morgan fingerprint density at radius 1 is 1.12 bits per heavy atom. The summed E-state index contributed by atoms with van der Waals surface area (Å²) >= 11 is 0. The molecule has 13 heteroatoms. The average Bonchev–Trinajstić information content (AvgIpc) is 3.37. The van der Waals surface area contributed by atoms with Crippen LogP contribution in [0.4, 0.5) is 10.1 Å². The van der Waals surface area contributed by atoms with E-state index in [1.54, 1.807) is 22.6 Å². The van der Waals surface area contributed by atoms with Crippen LogP contribution in [0.25, 0.3) is 0 Å². The first-order valence-corrected chi connectivity index (χ1v) is 12.3. The van der Waals surface area contributed by atoms with Crippen molar-refractivity contribution < 1.29 is 27.2 Å². The molecule has 2 fully saturated rings. The third-order valence-corrected chi connectivity index (χ3v) is 8.24. The molecular formula is C21H23FN6O5S. The molecule has 1 unspecified atom stereocenters. The molecule has 180 valence electrons. The molecule has 1 N–H and O–H groups in total. The molecule has 0 aliphatic carbocycles. The van der Waals surface area contributed by atoms with E-state index in [1.807, 2.05) is 0 Å². The van der Waals surface area contributed by atoms with Crippen molar-refractivity contribution in [3.8, 4) is 0 Å². The third kappa shape index (κ3) is 3.74. The second kappa shape index (κ2) is 8.17. The molecule has 3 amide bonds. The highest BCUT2D eigenvalue weighted by molar-refractivity contribution is 7.89. The van der Waals surface area contributed by atoms with Crippen molar-refractivity contribution in [1.82, 2.24) is 24.1 Å². The van der Waals surface area contributed by atoms with E-state index < -0.39 is 33.7 Å². The lowest BCUT2D eigenvalue weighted by molar-refractivity contribution is -0.136. The van der Waals surface area contributed by atoms with Gasteiger partial charge in [-0.05, 0) is 24.1 Å². The Balaban J connectivity index is 1.31. The van der Waals surface area contributed by atoms with Gasteiger partial charge in [-0.1, -0.05) is 0 Å². The second-order valence-electron chi connectivity index (χ2n) is 8.63. The number of aromatic nitrogens is 2. The molecule has 3 aliphatic heterocycles. The van der Waals surface area contributed by atoms with Crippen LogP contribution in [0.3, 0.4) is 0 Å². The van der Waals surface area contributed by atoms with Crippen LogP contribution in [0.15, 0.2) is 29.7 Å². The van der Waals surface area contributed by atoms with Crippen molar-refractivity contribution in [3.63, 3.8) is 0 Å². The predicted molar refractivity (Wildman–Crippen MR) is 117 cm³/mol. The Bertz CT molecular complexity index is 1300. The Morgan fingerprint density at radius 2 is 1.85 bits per heavy atom. The van der Waals surface area contributed by atoms with Crippen molar-refractivity contribution in [1.29, 1.82) is 0 Å². The first kappa shape index (κ1) is 22.5. The van der Waals surface area contributed by atoms with Gasteiger partial charge in [0.05, 0.1) is 12.0 Å². The number of benzene rings is 1. The molecule has 5 rings (SSSR count). The van der Waals surface area contributed by atoms with E-state index in [1.165, 1.54) is 27.8 Å². The number of rotatable bonds is 4. The van der Waals surface area contributed by atoms with Crippen molar-refractivity contribution in [2.75, 3.05) is 31.1 Å². The highest BCUT2D eigenvalue weighted by Crippen LogP contribution is 2.33. The maximum absolute atomic E-state index is 15.0. The van der Waals surface area contributed by atoms with Gasteiger partial charge in [0.15, 0.2) is 5.03 Å². The first-order valence-electron chi connectivity index (χ1n) is 10.9. The van der Waals surface area contributed by atoms with Gasteiger partial charge in [0, 0.05) is 58.0 Å². The van der Waals surface area contributed by atoms with E-state index >= 15 is 4.39 Å². The van der Waals surface area contributed by atoms with E-state index in [0.29, 0.717) is 5.56 Å². The van der Waals surface area contributed by atoms with E-state index in [4.69, 9.17) is 0 Å². The Hall–Kier alpha value is -3.32. The largest absolute Gasteiger partial charge is 0.367 e. The summed E-state index contributed by atoms with van der Waals surface area (Å²) in [5.41, 5.74) is 1.07. The van der Waals surface area contributed by atoms with E-state index in [9.17, 15) is 22.8 Å². The van der Waals surface area contributed by atoms with Gasteiger partial charge in [-0.2, -0.15) is 4.31 Å². The van der Waals surface area contributed by atoms with E-state index in [-0.39, 0.29) is 67.7 Å². The van der Waals surface area contributed by atoms with Crippen molar-refractivity contribution >= 4 is 33.4 Å². The summed E-state index contributed by atoms with van der Waals surface area (Å²) in [5, 5.41) is 2.22. The van der Waals surface area contributed by atoms with Crippen LogP contribution in [0.1, 0.15) is 28.8 Å². The zero-order valence-electron chi connectivity index (χ0n) is 18.4. The van der Waals surface area contributed by atoms with Gasteiger partial charge in [-0.3, -0.25) is 19.7 Å². The fraction of sp³-hybridized carbons (Fsp3) is 0.429. The summed E-state index contributed by atoms with van der Waals surface area (Å²) in [5.74, 6) is -1.93. The maximum atomic E-state index is 15.0. The zero-order chi connectivity index (χ0) is 24.2. The van der Waals surface area contributed by atoms with Crippen LogP contribution in [0.2, 0.25) is 0 Å². The van der Waals surface area contributed by atoms with Gasteiger partial charge >= 0.3 is 0 Å². The number of imide groups is 1. The summed E-state index contributed by atoms with van der Waals surface area (Å²) in [6, 6.07) is 2.00. The van der Waals surface area contributed by atoms with Crippen LogP contribution in [-0.4, -0.2) is 77.1 Å². The molecule has 0 saturated carbocycles. The molecule has 1 aromatic heterocycles. The number of piperazine rings is 1. The fourth-order valence-electron chi connectivity index (χ4n) is 4.64. The van der Waals surface area contributed by atoms with Gasteiger partial charge < -0.3 is 14.4 Å². The minimum atomic E-state index is -3.73. The van der Waals surface area contributed by atoms with Crippen LogP contribution in [-0.2, 0) is 33.2 Å². The highest BCUT2D eigenvalue weighted by atomic mass is 32.2. The number of nitrogens with one attached hydrogen (secondary N) is 1. The summed E-state index contributed by atoms with van der Waals surface area (Å²) in [4.78, 5) is 43.5. The number of nitrogens with zero attached hydrogens (tertiary/aromatic N) is 5. The number of amides is 3. The van der Waals surface area contributed by atoms with Crippen LogP contribution in [0, 0.1) is 5.82 Å². The van der Waals surface area contributed by atoms with Gasteiger partial charge in [0.25, 0.3) is 15.9 Å². The normalized spacial score (nSPS) is 21.7. The molecule has 11 nitrogen and oxygen atoms in total. The number of carbonyl (C=O) groups is 3. The highest BCUT2D eigenvalue weighted by Gasteiger charge is 2.40. The molecule has 2 aromatic rings. The van der Waals surface area contributed by atoms with Crippen molar-refractivity contribution in [2.45, 2.75) is 30.5 Å². The lowest BCUT2D eigenvalue weighted by atomic mass is 10.0. The summed E-state index contributed by atoms with van der Waals surface area (Å²) < 4.78 is 43.5. The van der Waals surface area contributed by atoms with Gasteiger partial charge in [0.1, 0.15) is 11.9 Å². The number of carbonyl (C=O) groups excluding carboxylic acids is 3. The topological polar surface area (TPSA) is 125 Å². The lowest BCUT2D eigenvalue weighted by Crippen LogP contribution is -2.52. The van der Waals surface area contributed by atoms with Crippen LogP contribution in [0.5, 0.6) is 0 Å². The second-order valence-corrected chi connectivity index (χ2v) is 10.5. The van der Waals surface area contributed by atoms with Crippen molar-refractivity contribution in [2.24, 2.45) is 7.05 Å². The third-order valence-electron chi connectivity index (χ3n) is 6.46. The quantitative estimate of drug-likeness (QED) is 0.590. The van der Waals surface area contributed by atoms with Gasteiger partial charge in [-0.25, -0.2) is 17.8 Å². The lowest BCUT2D eigenvalue weighted by Gasteiger charge is -2.35. The first-order chi connectivity index (χ1) is 16.1. The standard InChI is InChI=1S/C21H23FN6O5S/c1-25-11-19(23-12-25)34(32,33)27-6-4-26(5-7-27)17-8-13-10-28(21(31)14(13)9-15(17)22)16-2-3-18(29)24-20(16)30/h8-9,11-12,16H,2-7,10H2,1H3,(H,24,29,30). The number of aryl methyl sites for hydroxylation is 1. The van der Waals surface area contributed by atoms with Crippen LogP contribution >= 0.6 is 0 Å². The molecule has 0 spiro atoms. The van der Waals surface area contributed by atoms with Crippen molar-refractivity contribution in [3.05, 3.63) is 41.6 Å². The summed E-state index contributed by atoms with van der Waals surface area (Å²) in [7, 11) is -2.05. The molecule has 0 radical (unpaired) electrons. The molecule has 1 atom stereocenters. The summed E-state index contributed by atoms with van der Waals surface area (Å²) in [6.07, 6.45) is 3.23. The fourth-order valence-corrected chi connectivity index (χ4v) is 6.03. The number of hydrogen-bond acceptors (Lipinski definition) is 7. The number of imidazole rings is 1. The Kier molecular flexibility index (Phi) is 5.40. The van der Waals surface area contributed by atoms with E-state index in [2.05, 4.69) is 10.3 Å². The molecule has 0 bridgehead atoms. The summed E-state index contributed by atoms with van der Waals surface area (Å²) in [6.45, 7) is 1.01. The zero-order valence-corrected chi connectivity index (χ0v) is 19.2. The molecular weight excluding hydrogens is 467 g/mol. The average molecular weight is 491 g/mol. The number of piperidine rings is 1. The number of halogens is 1. The minimum absolute atomic E-state index is 0.0285. The number of fused-ring (bicyclic) bond motifs is 1. The Labute approximate surface area is 195 Å². The maximum Gasteiger partial charge on any atom is 0.262 e. The molecule has 1 aromatic carbocycles. The molecule has 3 aliphatic rings. The predicted octanol–water partition coefficient (Wildman–Crippen LogP) is -0.169.